The standard InChI is InChI=1S/C14H17N3O2/c1-4-10-5-7-11(8-6-10)15-12(18)14-17-16-13(19-14)9(2)3/h5-9H,4H2,1-3H3,(H,15,18). The van der Waals surface area contributed by atoms with Crippen LogP contribution in [0.5, 0.6) is 0 Å². The second-order valence-corrected chi connectivity index (χ2v) is 4.60. The molecule has 0 spiro atoms. The summed E-state index contributed by atoms with van der Waals surface area (Å²) in [5.74, 6) is 0.177. The monoisotopic (exact) mass is 259 g/mol. The molecule has 1 aromatic carbocycles. The number of aryl methyl sites for hydroxylation is 1. The summed E-state index contributed by atoms with van der Waals surface area (Å²) in [5, 5.41) is 10.3. The summed E-state index contributed by atoms with van der Waals surface area (Å²) < 4.78 is 5.29. The molecule has 0 unspecified atom stereocenters. The maximum Gasteiger partial charge on any atom is 0.313 e. The first-order chi connectivity index (χ1) is 9.10. The Labute approximate surface area is 112 Å². The summed E-state index contributed by atoms with van der Waals surface area (Å²) in [5.41, 5.74) is 1.93. The summed E-state index contributed by atoms with van der Waals surface area (Å²) in [6.45, 7) is 5.94. The lowest BCUT2D eigenvalue weighted by Crippen LogP contribution is -2.12. The summed E-state index contributed by atoms with van der Waals surface area (Å²) in [6.07, 6.45) is 0.968. The van der Waals surface area contributed by atoms with Gasteiger partial charge in [0, 0.05) is 11.6 Å². The fraction of sp³-hybridized carbons (Fsp3) is 0.357. The number of carbonyl (C=O) groups is 1. The third kappa shape index (κ3) is 3.19. The molecule has 19 heavy (non-hydrogen) atoms. The molecule has 5 heteroatoms. The van der Waals surface area contributed by atoms with Crippen LogP contribution in [0.15, 0.2) is 28.7 Å². The molecular formula is C14H17N3O2. The van der Waals surface area contributed by atoms with Crippen molar-refractivity contribution in [3.05, 3.63) is 41.6 Å². The van der Waals surface area contributed by atoms with Crippen LogP contribution in [-0.2, 0) is 6.42 Å². The van der Waals surface area contributed by atoms with E-state index in [1.807, 2.05) is 38.1 Å². The molecular weight excluding hydrogens is 242 g/mol. The van der Waals surface area contributed by atoms with Gasteiger partial charge in [0.25, 0.3) is 0 Å². The Morgan fingerprint density at radius 1 is 1.26 bits per heavy atom. The largest absolute Gasteiger partial charge is 0.417 e. The molecule has 0 saturated heterocycles. The highest BCUT2D eigenvalue weighted by molar-refractivity contribution is 6.00. The average Bonchev–Trinajstić information content (AvgIpc) is 2.89. The van der Waals surface area contributed by atoms with Gasteiger partial charge in [0.1, 0.15) is 0 Å². The van der Waals surface area contributed by atoms with Crippen molar-refractivity contribution in [2.24, 2.45) is 0 Å². The molecule has 0 fully saturated rings. The zero-order valence-electron chi connectivity index (χ0n) is 11.3. The molecule has 0 radical (unpaired) electrons. The van der Waals surface area contributed by atoms with Crippen LogP contribution >= 0.6 is 0 Å². The maximum atomic E-state index is 11.9. The lowest BCUT2D eigenvalue weighted by Gasteiger charge is -2.03. The van der Waals surface area contributed by atoms with E-state index in [9.17, 15) is 4.79 Å². The van der Waals surface area contributed by atoms with Crippen LogP contribution in [0.3, 0.4) is 0 Å². The van der Waals surface area contributed by atoms with Gasteiger partial charge in [0.05, 0.1) is 0 Å². The average molecular weight is 259 g/mol. The van der Waals surface area contributed by atoms with Crippen molar-refractivity contribution in [1.29, 1.82) is 0 Å². The van der Waals surface area contributed by atoms with Gasteiger partial charge in [-0.05, 0) is 24.1 Å². The molecule has 1 heterocycles. The Bertz CT molecular complexity index is 558. The van der Waals surface area contributed by atoms with Gasteiger partial charge < -0.3 is 9.73 Å². The SMILES string of the molecule is CCc1ccc(NC(=O)c2nnc(C(C)C)o2)cc1. The van der Waals surface area contributed by atoms with E-state index in [-0.39, 0.29) is 17.7 Å². The molecule has 100 valence electrons. The van der Waals surface area contributed by atoms with Gasteiger partial charge in [0.15, 0.2) is 0 Å². The molecule has 1 amide bonds. The molecule has 1 aromatic heterocycles. The quantitative estimate of drug-likeness (QED) is 0.916. The molecule has 0 bridgehead atoms. The van der Waals surface area contributed by atoms with E-state index in [4.69, 9.17) is 4.42 Å². The van der Waals surface area contributed by atoms with Crippen LogP contribution in [0.2, 0.25) is 0 Å². The Hall–Kier alpha value is -2.17. The minimum atomic E-state index is -0.386. The van der Waals surface area contributed by atoms with Crippen LogP contribution in [0.4, 0.5) is 5.69 Å². The molecule has 2 rings (SSSR count). The molecule has 0 atom stereocenters. The molecule has 0 aliphatic rings. The Balaban J connectivity index is 2.06. The van der Waals surface area contributed by atoms with E-state index < -0.39 is 0 Å². The molecule has 2 aromatic rings. The van der Waals surface area contributed by atoms with Crippen molar-refractivity contribution in [3.8, 4) is 0 Å². The summed E-state index contributed by atoms with van der Waals surface area (Å²) >= 11 is 0. The van der Waals surface area contributed by atoms with Gasteiger partial charge in [0.2, 0.25) is 5.89 Å². The van der Waals surface area contributed by atoms with Crippen LogP contribution < -0.4 is 5.32 Å². The number of benzene rings is 1. The van der Waals surface area contributed by atoms with Crippen molar-refractivity contribution < 1.29 is 9.21 Å². The van der Waals surface area contributed by atoms with Gasteiger partial charge in [-0.15, -0.1) is 10.2 Å². The molecule has 0 saturated carbocycles. The van der Waals surface area contributed by atoms with Gasteiger partial charge in [-0.1, -0.05) is 32.9 Å². The smallest absolute Gasteiger partial charge is 0.313 e. The summed E-state index contributed by atoms with van der Waals surface area (Å²) in [7, 11) is 0. The predicted octanol–water partition coefficient (Wildman–Crippen LogP) is 3.01. The first kappa shape index (κ1) is 13.3. The van der Waals surface area contributed by atoms with Crippen molar-refractivity contribution >= 4 is 11.6 Å². The highest BCUT2D eigenvalue weighted by Crippen LogP contribution is 2.14. The molecule has 0 aliphatic heterocycles. The molecule has 5 nitrogen and oxygen atoms in total. The number of rotatable bonds is 4. The second kappa shape index (κ2) is 5.65. The van der Waals surface area contributed by atoms with E-state index in [0.717, 1.165) is 6.42 Å². The first-order valence-electron chi connectivity index (χ1n) is 6.33. The number of nitrogens with zero attached hydrogens (tertiary/aromatic N) is 2. The topological polar surface area (TPSA) is 68.0 Å². The van der Waals surface area contributed by atoms with Crippen LogP contribution in [-0.4, -0.2) is 16.1 Å². The summed E-state index contributed by atoms with van der Waals surface area (Å²) in [4.78, 5) is 11.9. The van der Waals surface area contributed by atoms with Crippen molar-refractivity contribution in [2.45, 2.75) is 33.1 Å². The number of aromatic nitrogens is 2. The highest BCUT2D eigenvalue weighted by Gasteiger charge is 2.16. The van der Waals surface area contributed by atoms with E-state index in [0.29, 0.717) is 11.6 Å². The Kier molecular flexibility index (Phi) is 3.94. The fourth-order valence-corrected chi connectivity index (χ4v) is 1.57. The molecule has 0 aliphatic carbocycles. The number of carbonyl (C=O) groups excluding carboxylic acids is 1. The van der Waals surface area contributed by atoms with Gasteiger partial charge >= 0.3 is 11.8 Å². The van der Waals surface area contributed by atoms with Crippen LogP contribution in [0, 0.1) is 0 Å². The third-order valence-electron chi connectivity index (χ3n) is 2.75. The minimum Gasteiger partial charge on any atom is -0.417 e. The van der Waals surface area contributed by atoms with Crippen LogP contribution in [0.25, 0.3) is 0 Å². The number of hydrogen-bond acceptors (Lipinski definition) is 4. The molecule has 1 N–H and O–H groups in total. The van der Waals surface area contributed by atoms with Crippen molar-refractivity contribution in [2.75, 3.05) is 5.32 Å². The normalized spacial score (nSPS) is 10.7. The van der Waals surface area contributed by atoms with Gasteiger partial charge in [-0.2, -0.15) is 0 Å². The number of amides is 1. The van der Waals surface area contributed by atoms with Crippen molar-refractivity contribution in [1.82, 2.24) is 10.2 Å². The first-order valence-corrected chi connectivity index (χ1v) is 6.33. The second-order valence-electron chi connectivity index (χ2n) is 4.60. The lowest BCUT2D eigenvalue weighted by molar-refractivity contribution is 0.0988. The third-order valence-corrected chi connectivity index (χ3v) is 2.75. The zero-order valence-corrected chi connectivity index (χ0v) is 11.3. The Morgan fingerprint density at radius 3 is 2.47 bits per heavy atom. The van der Waals surface area contributed by atoms with E-state index >= 15 is 0 Å². The zero-order chi connectivity index (χ0) is 13.8. The summed E-state index contributed by atoms with van der Waals surface area (Å²) in [6, 6.07) is 7.67. The van der Waals surface area contributed by atoms with E-state index in [1.165, 1.54) is 5.56 Å². The van der Waals surface area contributed by atoms with Crippen molar-refractivity contribution in [3.63, 3.8) is 0 Å². The van der Waals surface area contributed by atoms with E-state index in [2.05, 4.69) is 22.4 Å². The minimum absolute atomic E-state index is 0.0109. The lowest BCUT2D eigenvalue weighted by atomic mass is 10.1. The van der Waals surface area contributed by atoms with Crippen LogP contribution in [0.1, 0.15) is 48.8 Å². The Morgan fingerprint density at radius 2 is 1.95 bits per heavy atom. The number of anilines is 1. The predicted molar refractivity (Wildman–Crippen MR) is 72.2 cm³/mol. The number of nitrogens with one attached hydrogen (secondary N) is 1. The highest BCUT2D eigenvalue weighted by atomic mass is 16.4. The maximum absolute atomic E-state index is 11.9. The van der Waals surface area contributed by atoms with E-state index in [1.54, 1.807) is 0 Å². The van der Waals surface area contributed by atoms with Gasteiger partial charge in [-0.25, -0.2) is 0 Å². The fourth-order valence-electron chi connectivity index (χ4n) is 1.57. The van der Waals surface area contributed by atoms with Gasteiger partial charge in [-0.3, -0.25) is 4.79 Å². The number of hydrogen-bond donors (Lipinski definition) is 1.